The molecule has 2 aromatic rings. The summed E-state index contributed by atoms with van der Waals surface area (Å²) < 4.78 is 6.13. The van der Waals surface area contributed by atoms with Crippen molar-refractivity contribution in [1.82, 2.24) is 0 Å². The SMILES string of the molecule is O=C(COc1ccc(Cl)cc1Br)c1ccc(Cl)c(Cl)c1. The van der Waals surface area contributed by atoms with Gasteiger partial charge in [-0.05, 0) is 52.3 Å². The van der Waals surface area contributed by atoms with Crippen molar-refractivity contribution in [3.63, 3.8) is 0 Å². The maximum Gasteiger partial charge on any atom is 0.200 e. The topological polar surface area (TPSA) is 26.3 Å². The normalized spacial score (nSPS) is 10.4. The van der Waals surface area contributed by atoms with E-state index in [4.69, 9.17) is 39.5 Å². The molecule has 0 aliphatic carbocycles. The van der Waals surface area contributed by atoms with Crippen molar-refractivity contribution in [3.8, 4) is 5.75 Å². The molecule has 0 atom stereocenters. The summed E-state index contributed by atoms with van der Waals surface area (Å²) >= 11 is 20.8. The number of ketones is 1. The molecule has 0 aliphatic heterocycles. The molecule has 0 spiro atoms. The van der Waals surface area contributed by atoms with Gasteiger partial charge in [-0.3, -0.25) is 4.79 Å². The van der Waals surface area contributed by atoms with Gasteiger partial charge in [0.2, 0.25) is 0 Å². The average Bonchev–Trinajstić information content (AvgIpc) is 2.40. The van der Waals surface area contributed by atoms with Crippen LogP contribution in [0.3, 0.4) is 0 Å². The molecule has 0 bridgehead atoms. The van der Waals surface area contributed by atoms with E-state index in [-0.39, 0.29) is 12.4 Å². The Morgan fingerprint density at radius 2 is 1.80 bits per heavy atom. The van der Waals surface area contributed by atoms with E-state index in [9.17, 15) is 4.79 Å². The average molecular weight is 394 g/mol. The number of carbonyl (C=O) groups excluding carboxylic acids is 1. The van der Waals surface area contributed by atoms with Crippen LogP contribution < -0.4 is 4.74 Å². The van der Waals surface area contributed by atoms with E-state index in [1.165, 1.54) is 6.07 Å². The third-order valence-corrected chi connectivity index (χ3v) is 4.09. The highest BCUT2D eigenvalue weighted by Gasteiger charge is 2.10. The molecule has 0 fully saturated rings. The standard InChI is InChI=1S/C14H8BrCl3O2/c15-10-6-9(16)2-4-14(10)20-7-13(19)8-1-3-11(17)12(18)5-8/h1-6H,7H2. The number of carbonyl (C=O) groups is 1. The van der Waals surface area contributed by atoms with Crippen LogP contribution in [0.1, 0.15) is 10.4 Å². The van der Waals surface area contributed by atoms with Crippen molar-refractivity contribution in [3.05, 3.63) is 61.5 Å². The number of rotatable bonds is 4. The Bertz CT molecular complexity index is 659. The van der Waals surface area contributed by atoms with Gasteiger partial charge in [0.05, 0.1) is 14.5 Å². The molecule has 2 rings (SSSR count). The summed E-state index contributed by atoms with van der Waals surface area (Å²) in [5.41, 5.74) is 0.449. The number of hydrogen-bond donors (Lipinski definition) is 0. The minimum Gasteiger partial charge on any atom is -0.484 e. The van der Waals surface area contributed by atoms with Gasteiger partial charge < -0.3 is 4.74 Å². The second-order valence-corrected chi connectivity index (χ2v) is 6.02. The van der Waals surface area contributed by atoms with Crippen molar-refractivity contribution in [2.45, 2.75) is 0 Å². The molecule has 0 aromatic heterocycles. The van der Waals surface area contributed by atoms with E-state index in [0.29, 0.717) is 30.9 Å². The van der Waals surface area contributed by atoms with Crippen LogP contribution in [0, 0.1) is 0 Å². The molecule has 0 heterocycles. The van der Waals surface area contributed by atoms with Crippen LogP contribution >= 0.6 is 50.7 Å². The summed E-state index contributed by atoms with van der Waals surface area (Å²) in [5, 5.41) is 1.33. The summed E-state index contributed by atoms with van der Waals surface area (Å²) in [4.78, 5) is 12.0. The van der Waals surface area contributed by atoms with Gasteiger partial charge in [0.25, 0.3) is 0 Å². The zero-order valence-electron chi connectivity index (χ0n) is 10.00. The Balaban J connectivity index is 2.06. The lowest BCUT2D eigenvalue weighted by Gasteiger charge is -2.08. The predicted molar refractivity (Wildman–Crippen MR) is 85.4 cm³/mol. The largest absolute Gasteiger partial charge is 0.484 e. The molecular formula is C14H8BrCl3O2. The van der Waals surface area contributed by atoms with Crippen LogP contribution in [0.5, 0.6) is 5.75 Å². The van der Waals surface area contributed by atoms with Gasteiger partial charge in [0.15, 0.2) is 12.4 Å². The fourth-order valence-electron chi connectivity index (χ4n) is 1.49. The zero-order valence-corrected chi connectivity index (χ0v) is 13.9. The highest BCUT2D eigenvalue weighted by Crippen LogP contribution is 2.28. The van der Waals surface area contributed by atoms with E-state index in [1.807, 2.05) is 0 Å². The van der Waals surface area contributed by atoms with Crippen molar-refractivity contribution in [2.75, 3.05) is 6.61 Å². The predicted octanol–water partition coefficient (Wildman–Crippen LogP) is 5.67. The van der Waals surface area contributed by atoms with E-state index in [1.54, 1.807) is 30.3 Å². The van der Waals surface area contributed by atoms with Gasteiger partial charge in [-0.1, -0.05) is 34.8 Å². The minimum absolute atomic E-state index is 0.0990. The highest BCUT2D eigenvalue weighted by molar-refractivity contribution is 9.10. The van der Waals surface area contributed by atoms with Gasteiger partial charge in [0.1, 0.15) is 5.75 Å². The van der Waals surface area contributed by atoms with Crippen LogP contribution in [-0.2, 0) is 0 Å². The van der Waals surface area contributed by atoms with E-state index in [2.05, 4.69) is 15.9 Å². The molecule has 2 aromatic carbocycles. The van der Waals surface area contributed by atoms with E-state index < -0.39 is 0 Å². The first kappa shape index (κ1) is 15.6. The zero-order chi connectivity index (χ0) is 14.7. The van der Waals surface area contributed by atoms with Crippen LogP contribution in [0.25, 0.3) is 0 Å². The Kier molecular flexibility index (Phi) is 5.33. The molecule has 0 saturated carbocycles. The molecule has 0 saturated heterocycles. The van der Waals surface area contributed by atoms with Crippen LogP contribution in [-0.4, -0.2) is 12.4 Å². The van der Waals surface area contributed by atoms with Gasteiger partial charge in [-0.15, -0.1) is 0 Å². The molecule has 104 valence electrons. The summed E-state index contributed by atoms with van der Waals surface area (Å²) in [7, 11) is 0. The van der Waals surface area contributed by atoms with Crippen LogP contribution in [0.4, 0.5) is 0 Å². The Labute approximate surface area is 139 Å². The van der Waals surface area contributed by atoms with Gasteiger partial charge in [-0.2, -0.15) is 0 Å². The van der Waals surface area contributed by atoms with Crippen molar-refractivity contribution < 1.29 is 9.53 Å². The first-order valence-electron chi connectivity index (χ1n) is 5.53. The number of halogens is 4. The van der Waals surface area contributed by atoms with Crippen LogP contribution in [0.15, 0.2) is 40.9 Å². The van der Waals surface area contributed by atoms with Gasteiger partial charge >= 0.3 is 0 Å². The fourth-order valence-corrected chi connectivity index (χ4v) is 2.58. The van der Waals surface area contributed by atoms with Crippen molar-refractivity contribution in [2.24, 2.45) is 0 Å². The Morgan fingerprint density at radius 3 is 2.45 bits per heavy atom. The summed E-state index contributed by atoms with van der Waals surface area (Å²) in [6.45, 7) is -0.0990. The Hall–Kier alpha value is -0.740. The first-order valence-corrected chi connectivity index (χ1v) is 7.46. The molecule has 20 heavy (non-hydrogen) atoms. The maximum absolute atomic E-state index is 12.0. The smallest absolute Gasteiger partial charge is 0.200 e. The molecule has 6 heteroatoms. The summed E-state index contributed by atoms with van der Waals surface area (Å²) in [6, 6.07) is 9.78. The maximum atomic E-state index is 12.0. The van der Waals surface area contributed by atoms with Gasteiger partial charge in [0, 0.05) is 10.6 Å². The summed E-state index contributed by atoms with van der Waals surface area (Å²) in [6.07, 6.45) is 0. The quantitative estimate of drug-likeness (QED) is 0.625. The number of hydrogen-bond acceptors (Lipinski definition) is 2. The molecular weight excluding hydrogens is 386 g/mol. The lowest BCUT2D eigenvalue weighted by atomic mass is 10.1. The third-order valence-electron chi connectivity index (χ3n) is 2.49. The third kappa shape index (κ3) is 3.89. The lowest BCUT2D eigenvalue weighted by molar-refractivity contribution is 0.0921. The number of ether oxygens (including phenoxy) is 1. The van der Waals surface area contributed by atoms with E-state index in [0.717, 1.165) is 0 Å². The molecule has 0 N–H and O–H groups in total. The number of benzene rings is 2. The second kappa shape index (κ2) is 6.81. The Morgan fingerprint density at radius 1 is 1.05 bits per heavy atom. The molecule has 0 amide bonds. The molecule has 0 radical (unpaired) electrons. The second-order valence-electron chi connectivity index (χ2n) is 3.92. The summed E-state index contributed by atoms with van der Waals surface area (Å²) in [5.74, 6) is 0.355. The molecule has 0 aliphatic rings. The van der Waals surface area contributed by atoms with Crippen LogP contribution in [0.2, 0.25) is 15.1 Å². The van der Waals surface area contributed by atoms with Crippen molar-refractivity contribution in [1.29, 1.82) is 0 Å². The van der Waals surface area contributed by atoms with E-state index >= 15 is 0 Å². The van der Waals surface area contributed by atoms with Gasteiger partial charge in [-0.25, -0.2) is 0 Å². The molecule has 2 nitrogen and oxygen atoms in total. The monoisotopic (exact) mass is 392 g/mol. The molecule has 0 unspecified atom stereocenters. The first-order chi connectivity index (χ1) is 9.47. The highest BCUT2D eigenvalue weighted by atomic mass is 79.9. The fraction of sp³-hybridized carbons (Fsp3) is 0.0714. The number of Topliss-reactive ketones (excluding diaryl/α,β-unsaturated/α-hetero) is 1. The minimum atomic E-state index is -0.189. The lowest BCUT2D eigenvalue weighted by Crippen LogP contribution is -2.11. The van der Waals surface area contributed by atoms with Crippen molar-refractivity contribution >= 4 is 56.5 Å².